The highest BCUT2D eigenvalue weighted by atomic mass is 35.5. The van der Waals surface area contributed by atoms with Gasteiger partial charge in [0, 0.05) is 35.5 Å². The summed E-state index contributed by atoms with van der Waals surface area (Å²) in [6, 6.07) is 14.4. The van der Waals surface area contributed by atoms with Crippen LogP contribution in [0.1, 0.15) is 24.8 Å². The van der Waals surface area contributed by atoms with E-state index in [1.54, 1.807) is 12.1 Å². The molecule has 0 aliphatic carbocycles. The normalized spacial score (nSPS) is 14.9. The number of methoxy groups -OCH3 is 2. The number of ether oxygens (including phenoxy) is 2. The van der Waals surface area contributed by atoms with E-state index >= 15 is 0 Å². The van der Waals surface area contributed by atoms with Gasteiger partial charge in [0.05, 0.1) is 27.1 Å². The first-order valence-electron chi connectivity index (χ1n) is 11.2. The number of amides is 1. The Hall–Kier alpha value is -3.10. The van der Waals surface area contributed by atoms with E-state index < -0.39 is 18.0 Å². The molecular formula is C25H30ClN3O5. The Morgan fingerprint density at radius 1 is 1.06 bits per heavy atom. The Bertz CT molecular complexity index is 990. The van der Waals surface area contributed by atoms with Crippen LogP contribution in [0.3, 0.4) is 0 Å². The number of benzene rings is 2. The molecule has 34 heavy (non-hydrogen) atoms. The van der Waals surface area contributed by atoms with Gasteiger partial charge in [-0.1, -0.05) is 23.7 Å². The van der Waals surface area contributed by atoms with Crippen molar-refractivity contribution < 1.29 is 23.9 Å². The van der Waals surface area contributed by atoms with Crippen molar-refractivity contribution in [3.05, 3.63) is 59.1 Å². The van der Waals surface area contributed by atoms with Crippen LogP contribution >= 0.6 is 11.6 Å². The largest absolute Gasteiger partial charge is 0.469 e. The number of hydrogen-bond donors (Lipinski definition) is 2. The Kier molecular flexibility index (Phi) is 9.30. The summed E-state index contributed by atoms with van der Waals surface area (Å²) in [6.07, 6.45) is 1.82. The lowest BCUT2D eigenvalue weighted by molar-refractivity contribution is -0.149. The minimum absolute atomic E-state index is 0.0616. The molecule has 0 bridgehead atoms. The predicted molar refractivity (Wildman–Crippen MR) is 131 cm³/mol. The number of halogens is 1. The van der Waals surface area contributed by atoms with Crippen LogP contribution in [0.4, 0.5) is 11.4 Å². The molecule has 1 saturated heterocycles. The molecule has 0 aromatic heterocycles. The number of rotatable bonds is 9. The Morgan fingerprint density at radius 2 is 1.76 bits per heavy atom. The molecule has 1 atom stereocenters. The van der Waals surface area contributed by atoms with Gasteiger partial charge in [0.25, 0.3) is 0 Å². The maximum atomic E-state index is 12.3. The fourth-order valence-corrected chi connectivity index (χ4v) is 4.20. The monoisotopic (exact) mass is 487 g/mol. The number of nitrogens with one attached hydrogen (secondary N) is 2. The highest BCUT2D eigenvalue weighted by Gasteiger charge is 2.28. The van der Waals surface area contributed by atoms with E-state index in [4.69, 9.17) is 16.3 Å². The molecule has 9 heteroatoms. The number of carbonyl (C=O) groups excluding carboxylic acids is 3. The Labute approximate surface area is 204 Å². The van der Waals surface area contributed by atoms with Gasteiger partial charge in [0.2, 0.25) is 5.91 Å². The van der Waals surface area contributed by atoms with Gasteiger partial charge in [-0.3, -0.25) is 14.4 Å². The van der Waals surface area contributed by atoms with Crippen LogP contribution in [0.25, 0.3) is 0 Å². The first-order valence-corrected chi connectivity index (χ1v) is 11.6. The van der Waals surface area contributed by atoms with Crippen LogP contribution in [0.15, 0.2) is 48.5 Å². The lowest BCUT2D eigenvalue weighted by Gasteiger charge is -2.35. The van der Waals surface area contributed by atoms with Crippen LogP contribution in [0, 0.1) is 0 Å². The molecule has 1 heterocycles. The third-order valence-electron chi connectivity index (χ3n) is 5.79. The van der Waals surface area contributed by atoms with Crippen LogP contribution in [-0.4, -0.2) is 57.2 Å². The molecule has 1 fully saturated rings. The van der Waals surface area contributed by atoms with Gasteiger partial charge < -0.3 is 25.0 Å². The molecule has 3 rings (SSSR count). The lowest BCUT2D eigenvalue weighted by Crippen LogP contribution is -2.50. The molecule has 1 aliphatic rings. The topological polar surface area (TPSA) is 97.0 Å². The second kappa shape index (κ2) is 12.4. The van der Waals surface area contributed by atoms with Crippen molar-refractivity contribution in [3.63, 3.8) is 0 Å². The summed E-state index contributed by atoms with van der Waals surface area (Å²) in [5.74, 6) is -1.03. The fourth-order valence-electron chi connectivity index (χ4n) is 3.98. The van der Waals surface area contributed by atoms with Crippen molar-refractivity contribution in [2.75, 3.05) is 37.5 Å². The first kappa shape index (κ1) is 25.5. The quantitative estimate of drug-likeness (QED) is 0.524. The molecule has 0 radical (unpaired) electrons. The van der Waals surface area contributed by atoms with Gasteiger partial charge in [0.15, 0.2) is 0 Å². The van der Waals surface area contributed by atoms with Crippen LogP contribution in [0.2, 0.25) is 5.02 Å². The van der Waals surface area contributed by atoms with Crippen molar-refractivity contribution in [1.29, 1.82) is 0 Å². The summed E-state index contributed by atoms with van der Waals surface area (Å²) < 4.78 is 9.49. The molecule has 2 N–H and O–H groups in total. The third-order valence-corrected chi connectivity index (χ3v) is 6.02. The third kappa shape index (κ3) is 7.46. The van der Waals surface area contributed by atoms with Crippen molar-refractivity contribution in [2.24, 2.45) is 0 Å². The maximum Gasteiger partial charge on any atom is 0.323 e. The van der Waals surface area contributed by atoms with Crippen LogP contribution in [-0.2, 0) is 30.3 Å². The predicted octanol–water partition coefficient (Wildman–Crippen LogP) is 3.18. The average Bonchev–Trinajstić information content (AvgIpc) is 2.84. The van der Waals surface area contributed by atoms with Gasteiger partial charge in [-0.05, 0) is 54.8 Å². The number of nitrogens with zero attached hydrogens (tertiary/aromatic N) is 1. The minimum Gasteiger partial charge on any atom is -0.469 e. The summed E-state index contributed by atoms with van der Waals surface area (Å²) in [7, 11) is 2.60. The molecule has 2 aromatic carbocycles. The molecule has 182 valence electrons. The molecule has 0 spiro atoms. The highest BCUT2D eigenvalue weighted by molar-refractivity contribution is 6.30. The summed E-state index contributed by atoms with van der Waals surface area (Å²) in [6.45, 7) is 1.59. The Morgan fingerprint density at radius 3 is 2.38 bits per heavy atom. The number of carbonyl (C=O) groups is 3. The summed E-state index contributed by atoms with van der Waals surface area (Å²) in [5.41, 5.74) is 2.65. The van der Waals surface area contributed by atoms with E-state index in [2.05, 4.69) is 20.3 Å². The van der Waals surface area contributed by atoms with Gasteiger partial charge in [0.1, 0.15) is 6.04 Å². The number of hydrogen-bond acceptors (Lipinski definition) is 7. The Balaban J connectivity index is 1.49. The van der Waals surface area contributed by atoms with E-state index in [1.807, 2.05) is 36.4 Å². The van der Waals surface area contributed by atoms with E-state index in [0.717, 1.165) is 42.9 Å². The van der Waals surface area contributed by atoms with Gasteiger partial charge in [-0.25, -0.2) is 0 Å². The average molecular weight is 488 g/mol. The zero-order valence-corrected chi connectivity index (χ0v) is 20.1. The second-order valence-electron chi connectivity index (χ2n) is 8.19. The number of esters is 2. The zero-order valence-electron chi connectivity index (χ0n) is 19.4. The molecule has 0 saturated carbocycles. The number of piperidine rings is 1. The van der Waals surface area contributed by atoms with Gasteiger partial charge in [-0.15, -0.1) is 0 Å². The van der Waals surface area contributed by atoms with E-state index in [0.29, 0.717) is 5.02 Å². The van der Waals surface area contributed by atoms with Crippen molar-refractivity contribution in [1.82, 2.24) is 5.32 Å². The van der Waals surface area contributed by atoms with Crippen molar-refractivity contribution in [3.8, 4) is 0 Å². The SMILES string of the molecule is COC(=O)C[C@@H](NC1CCN(c2ccc(NC(=O)Cc3cccc(Cl)c3)cc2)CC1)C(=O)OC. The summed E-state index contributed by atoms with van der Waals surface area (Å²) >= 11 is 5.98. The highest BCUT2D eigenvalue weighted by Crippen LogP contribution is 2.23. The van der Waals surface area contributed by atoms with Crippen molar-refractivity contribution in [2.45, 2.75) is 37.8 Å². The lowest BCUT2D eigenvalue weighted by atomic mass is 10.0. The van der Waals surface area contributed by atoms with Gasteiger partial charge >= 0.3 is 11.9 Å². The molecule has 2 aromatic rings. The summed E-state index contributed by atoms with van der Waals surface area (Å²) in [4.78, 5) is 38.2. The zero-order chi connectivity index (χ0) is 24.5. The van der Waals surface area contributed by atoms with E-state index in [-0.39, 0.29) is 24.8 Å². The molecule has 1 amide bonds. The molecule has 8 nitrogen and oxygen atoms in total. The molecule has 1 aliphatic heterocycles. The first-order chi connectivity index (χ1) is 16.4. The van der Waals surface area contributed by atoms with Crippen LogP contribution < -0.4 is 15.5 Å². The van der Waals surface area contributed by atoms with E-state index in [1.165, 1.54) is 14.2 Å². The minimum atomic E-state index is -0.719. The second-order valence-corrected chi connectivity index (χ2v) is 8.62. The van der Waals surface area contributed by atoms with Crippen LogP contribution in [0.5, 0.6) is 0 Å². The smallest absolute Gasteiger partial charge is 0.323 e. The standard InChI is InChI=1S/C25H30ClN3O5/c1-33-24(31)16-22(25(32)34-2)27-20-10-12-29(13-11-20)21-8-6-19(7-9-21)28-23(30)15-17-4-3-5-18(26)14-17/h3-9,14,20,22,27H,10-13,15-16H2,1-2H3,(H,28,30)/t22-/m1/s1. The van der Waals surface area contributed by atoms with Crippen molar-refractivity contribution >= 4 is 40.8 Å². The molecular weight excluding hydrogens is 458 g/mol. The van der Waals surface area contributed by atoms with E-state index in [9.17, 15) is 14.4 Å². The fraction of sp³-hybridized carbons (Fsp3) is 0.400. The van der Waals surface area contributed by atoms with Gasteiger partial charge in [-0.2, -0.15) is 0 Å². The summed E-state index contributed by atoms with van der Waals surface area (Å²) in [5, 5.41) is 6.76. The number of anilines is 2. The maximum absolute atomic E-state index is 12.3. The molecule has 0 unspecified atom stereocenters.